The molecule has 1 saturated heterocycles. The molecule has 1 fully saturated rings. The number of ether oxygens (including phenoxy) is 1. The summed E-state index contributed by atoms with van der Waals surface area (Å²) in [6.07, 6.45) is 0.172. The third-order valence-electron chi connectivity index (χ3n) is 4.16. The van der Waals surface area contributed by atoms with Gasteiger partial charge in [0.2, 0.25) is 5.91 Å². The molecule has 3 unspecified atom stereocenters. The second kappa shape index (κ2) is 7.07. The van der Waals surface area contributed by atoms with Crippen LogP contribution in [0.2, 0.25) is 0 Å². The van der Waals surface area contributed by atoms with Gasteiger partial charge in [0.05, 0.1) is 6.10 Å². The van der Waals surface area contributed by atoms with E-state index in [1.54, 1.807) is 0 Å². The number of hydrogen-bond donors (Lipinski definition) is 2. The standard InChI is InChI=1S/C18H18F2N2O2/c19-13-7-6-12(10-14(13)20)17-15(8-9-24-17)22-16(18(21)23)11-4-2-1-3-5-11/h1-7,10,15-17,22H,8-9H2,(H2,21,23). The number of amides is 1. The van der Waals surface area contributed by atoms with E-state index in [-0.39, 0.29) is 6.04 Å². The number of nitrogens with two attached hydrogens (primary N) is 1. The number of primary amides is 1. The fourth-order valence-electron chi connectivity index (χ4n) is 2.98. The summed E-state index contributed by atoms with van der Waals surface area (Å²) in [6, 6.07) is 11.9. The highest BCUT2D eigenvalue weighted by atomic mass is 19.2. The Kier molecular flexibility index (Phi) is 4.87. The van der Waals surface area contributed by atoms with Crippen LogP contribution in [-0.2, 0) is 9.53 Å². The lowest BCUT2D eigenvalue weighted by atomic mass is 9.99. The van der Waals surface area contributed by atoms with Crippen LogP contribution in [0.5, 0.6) is 0 Å². The third-order valence-corrected chi connectivity index (χ3v) is 4.16. The van der Waals surface area contributed by atoms with E-state index in [9.17, 15) is 13.6 Å². The van der Waals surface area contributed by atoms with E-state index in [0.717, 1.165) is 17.7 Å². The predicted molar refractivity (Wildman–Crippen MR) is 85.0 cm³/mol. The fraction of sp³-hybridized carbons (Fsp3) is 0.278. The van der Waals surface area contributed by atoms with Crippen LogP contribution in [0.4, 0.5) is 8.78 Å². The van der Waals surface area contributed by atoms with Crippen molar-refractivity contribution in [1.29, 1.82) is 0 Å². The van der Waals surface area contributed by atoms with Gasteiger partial charge in [0.25, 0.3) is 0 Å². The minimum Gasteiger partial charge on any atom is -0.372 e. The summed E-state index contributed by atoms with van der Waals surface area (Å²) in [7, 11) is 0. The Balaban J connectivity index is 1.82. The molecule has 2 aromatic rings. The molecule has 3 rings (SSSR count). The molecule has 2 aromatic carbocycles. The molecule has 4 nitrogen and oxygen atoms in total. The minimum atomic E-state index is -0.920. The van der Waals surface area contributed by atoms with Crippen LogP contribution in [0.25, 0.3) is 0 Å². The number of benzene rings is 2. The van der Waals surface area contributed by atoms with Crippen molar-refractivity contribution in [2.24, 2.45) is 5.73 Å². The highest BCUT2D eigenvalue weighted by molar-refractivity contribution is 5.81. The van der Waals surface area contributed by atoms with Gasteiger partial charge in [-0.15, -0.1) is 0 Å². The molecule has 3 atom stereocenters. The van der Waals surface area contributed by atoms with Gasteiger partial charge in [0, 0.05) is 12.6 Å². The number of carbonyl (C=O) groups is 1. The normalized spacial score (nSPS) is 21.6. The van der Waals surface area contributed by atoms with Crippen molar-refractivity contribution in [1.82, 2.24) is 5.32 Å². The van der Waals surface area contributed by atoms with Crippen molar-refractivity contribution in [3.63, 3.8) is 0 Å². The van der Waals surface area contributed by atoms with Gasteiger partial charge in [0.1, 0.15) is 6.04 Å². The maximum Gasteiger partial charge on any atom is 0.239 e. The number of hydrogen-bond acceptors (Lipinski definition) is 3. The van der Waals surface area contributed by atoms with Crippen LogP contribution in [-0.4, -0.2) is 18.6 Å². The first-order valence-corrected chi connectivity index (χ1v) is 7.73. The molecule has 126 valence electrons. The highest BCUT2D eigenvalue weighted by Crippen LogP contribution is 2.31. The molecule has 0 bridgehead atoms. The lowest BCUT2D eigenvalue weighted by Gasteiger charge is -2.25. The van der Waals surface area contributed by atoms with E-state index in [4.69, 9.17) is 10.5 Å². The Bertz CT molecular complexity index is 724. The molecule has 0 saturated carbocycles. The summed E-state index contributed by atoms with van der Waals surface area (Å²) in [5.74, 6) is -2.33. The Morgan fingerprint density at radius 3 is 2.58 bits per heavy atom. The molecule has 0 aliphatic carbocycles. The zero-order chi connectivity index (χ0) is 17.1. The molecule has 0 aromatic heterocycles. The van der Waals surface area contributed by atoms with Crippen molar-refractivity contribution in [2.75, 3.05) is 6.61 Å². The molecule has 0 radical (unpaired) electrons. The maximum atomic E-state index is 13.5. The van der Waals surface area contributed by atoms with Crippen molar-refractivity contribution in [3.8, 4) is 0 Å². The van der Waals surface area contributed by atoms with Crippen LogP contribution in [0, 0.1) is 11.6 Å². The molecule has 6 heteroatoms. The quantitative estimate of drug-likeness (QED) is 0.885. The van der Waals surface area contributed by atoms with Crippen LogP contribution in [0.3, 0.4) is 0 Å². The van der Waals surface area contributed by atoms with Crippen molar-refractivity contribution in [2.45, 2.75) is 24.6 Å². The number of halogens is 2. The van der Waals surface area contributed by atoms with E-state index in [1.165, 1.54) is 6.07 Å². The van der Waals surface area contributed by atoms with Crippen LogP contribution >= 0.6 is 0 Å². The van der Waals surface area contributed by atoms with Crippen LogP contribution in [0.15, 0.2) is 48.5 Å². The van der Waals surface area contributed by atoms with Gasteiger partial charge in [0.15, 0.2) is 11.6 Å². The third kappa shape index (κ3) is 3.44. The Morgan fingerprint density at radius 1 is 1.17 bits per heavy atom. The van der Waals surface area contributed by atoms with Gasteiger partial charge in [-0.1, -0.05) is 36.4 Å². The van der Waals surface area contributed by atoms with E-state index >= 15 is 0 Å². The fourth-order valence-corrected chi connectivity index (χ4v) is 2.98. The summed E-state index contributed by atoms with van der Waals surface area (Å²) in [5, 5.41) is 3.20. The zero-order valence-corrected chi connectivity index (χ0v) is 12.9. The van der Waals surface area contributed by atoms with Gasteiger partial charge in [-0.25, -0.2) is 8.78 Å². The molecule has 0 spiro atoms. The van der Waals surface area contributed by atoms with E-state index in [2.05, 4.69) is 5.32 Å². The Morgan fingerprint density at radius 2 is 1.92 bits per heavy atom. The Labute approximate surface area is 138 Å². The number of rotatable bonds is 5. The van der Waals surface area contributed by atoms with E-state index in [0.29, 0.717) is 18.6 Å². The molecular formula is C18H18F2N2O2. The predicted octanol–water partition coefficient (Wildman–Crippen LogP) is 2.61. The molecule has 24 heavy (non-hydrogen) atoms. The monoisotopic (exact) mass is 332 g/mol. The van der Waals surface area contributed by atoms with Crippen molar-refractivity contribution < 1.29 is 18.3 Å². The van der Waals surface area contributed by atoms with Gasteiger partial charge >= 0.3 is 0 Å². The molecule has 1 amide bonds. The van der Waals surface area contributed by atoms with Gasteiger partial charge in [-0.2, -0.15) is 0 Å². The highest BCUT2D eigenvalue weighted by Gasteiger charge is 2.33. The lowest BCUT2D eigenvalue weighted by Crippen LogP contribution is -2.41. The zero-order valence-electron chi connectivity index (χ0n) is 12.9. The molecule has 1 heterocycles. The molecule has 1 aliphatic heterocycles. The smallest absolute Gasteiger partial charge is 0.239 e. The second-order valence-corrected chi connectivity index (χ2v) is 5.77. The van der Waals surface area contributed by atoms with Crippen molar-refractivity contribution >= 4 is 5.91 Å². The summed E-state index contributed by atoms with van der Waals surface area (Å²) in [4.78, 5) is 11.8. The largest absolute Gasteiger partial charge is 0.372 e. The van der Waals surface area contributed by atoms with Gasteiger partial charge < -0.3 is 10.5 Å². The SMILES string of the molecule is NC(=O)C(NC1CCOC1c1ccc(F)c(F)c1)c1ccccc1. The molecule has 3 N–H and O–H groups in total. The summed E-state index contributed by atoms with van der Waals surface area (Å²) in [5.41, 5.74) is 6.80. The number of nitrogens with one attached hydrogen (secondary N) is 1. The summed E-state index contributed by atoms with van der Waals surface area (Å²) in [6.45, 7) is 0.460. The summed E-state index contributed by atoms with van der Waals surface area (Å²) < 4.78 is 32.3. The number of carbonyl (C=O) groups excluding carboxylic acids is 1. The first-order chi connectivity index (χ1) is 11.6. The van der Waals surface area contributed by atoms with Gasteiger partial charge in [-0.05, 0) is 29.7 Å². The molecular weight excluding hydrogens is 314 g/mol. The lowest BCUT2D eigenvalue weighted by molar-refractivity contribution is -0.120. The van der Waals surface area contributed by atoms with Crippen LogP contribution < -0.4 is 11.1 Å². The maximum absolute atomic E-state index is 13.5. The Hall–Kier alpha value is -2.31. The van der Waals surface area contributed by atoms with Crippen molar-refractivity contribution in [3.05, 3.63) is 71.3 Å². The first kappa shape index (κ1) is 16.5. The molecule has 1 aliphatic rings. The van der Waals surface area contributed by atoms with Gasteiger partial charge in [-0.3, -0.25) is 10.1 Å². The van der Waals surface area contributed by atoms with Crippen LogP contribution in [0.1, 0.15) is 29.7 Å². The average molecular weight is 332 g/mol. The summed E-state index contributed by atoms with van der Waals surface area (Å²) >= 11 is 0. The van der Waals surface area contributed by atoms with E-state index < -0.39 is 29.7 Å². The first-order valence-electron chi connectivity index (χ1n) is 7.73. The van der Waals surface area contributed by atoms with E-state index in [1.807, 2.05) is 30.3 Å². The topological polar surface area (TPSA) is 64.4 Å². The average Bonchev–Trinajstić information content (AvgIpc) is 3.04. The second-order valence-electron chi connectivity index (χ2n) is 5.77. The minimum absolute atomic E-state index is 0.229.